The van der Waals surface area contributed by atoms with Gasteiger partial charge in [0.25, 0.3) is 0 Å². The minimum absolute atomic E-state index is 0.0119. The molecule has 0 fully saturated rings. The third-order valence-electron chi connectivity index (χ3n) is 1.84. The summed E-state index contributed by atoms with van der Waals surface area (Å²) in [4.78, 5) is 4.02. The Labute approximate surface area is 103 Å². The molecule has 0 atom stereocenters. The van der Waals surface area contributed by atoms with Crippen molar-refractivity contribution in [3.8, 4) is 0 Å². The standard InChI is InChI=1S/C8H13BrN4O2S/c1-11-16(14,15)3-2-12-8-7(9)4-6(10)5-13-8/h4-5,11H,2-3,10H2,1H3,(H,12,13). The van der Waals surface area contributed by atoms with E-state index in [4.69, 9.17) is 5.73 Å². The van der Waals surface area contributed by atoms with E-state index in [9.17, 15) is 8.42 Å². The molecule has 1 aromatic rings. The molecule has 0 spiro atoms. The maximum absolute atomic E-state index is 11.1. The summed E-state index contributed by atoms with van der Waals surface area (Å²) in [6.07, 6.45) is 1.50. The molecule has 0 aliphatic rings. The van der Waals surface area contributed by atoms with Crippen LogP contribution >= 0.6 is 15.9 Å². The van der Waals surface area contributed by atoms with Crippen LogP contribution in [0.25, 0.3) is 0 Å². The highest BCUT2D eigenvalue weighted by Crippen LogP contribution is 2.21. The Morgan fingerprint density at radius 1 is 1.56 bits per heavy atom. The second-order valence-corrected chi connectivity index (χ2v) is 5.95. The van der Waals surface area contributed by atoms with Crippen LogP contribution in [0.4, 0.5) is 11.5 Å². The van der Waals surface area contributed by atoms with Crippen molar-refractivity contribution in [2.45, 2.75) is 0 Å². The molecule has 0 radical (unpaired) electrons. The minimum atomic E-state index is -3.19. The molecule has 0 saturated carbocycles. The molecule has 0 aliphatic heterocycles. The maximum Gasteiger partial charge on any atom is 0.213 e. The van der Waals surface area contributed by atoms with Crippen LogP contribution in [0, 0.1) is 0 Å². The summed E-state index contributed by atoms with van der Waals surface area (Å²) >= 11 is 3.27. The number of sulfonamides is 1. The summed E-state index contributed by atoms with van der Waals surface area (Å²) in [7, 11) is -1.81. The zero-order valence-corrected chi connectivity index (χ0v) is 11.1. The Morgan fingerprint density at radius 3 is 2.81 bits per heavy atom. The lowest BCUT2D eigenvalue weighted by Gasteiger charge is -2.07. The zero-order chi connectivity index (χ0) is 12.2. The van der Waals surface area contributed by atoms with Crippen molar-refractivity contribution in [2.75, 3.05) is 30.4 Å². The number of nitrogens with two attached hydrogens (primary N) is 1. The van der Waals surface area contributed by atoms with Gasteiger partial charge in [0, 0.05) is 6.54 Å². The second kappa shape index (κ2) is 5.46. The van der Waals surface area contributed by atoms with Crippen molar-refractivity contribution in [1.29, 1.82) is 0 Å². The number of nitrogens with zero attached hydrogens (tertiary/aromatic N) is 1. The van der Waals surface area contributed by atoms with Crippen molar-refractivity contribution in [2.24, 2.45) is 0 Å². The molecule has 6 nitrogen and oxygen atoms in total. The molecular weight excluding hydrogens is 296 g/mol. The first-order chi connectivity index (χ1) is 7.44. The monoisotopic (exact) mass is 308 g/mol. The van der Waals surface area contributed by atoms with Crippen molar-refractivity contribution < 1.29 is 8.42 Å². The van der Waals surface area contributed by atoms with E-state index in [1.165, 1.54) is 13.2 Å². The van der Waals surface area contributed by atoms with Crippen molar-refractivity contribution in [1.82, 2.24) is 9.71 Å². The van der Waals surface area contributed by atoms with Gasteiger partial charge >= 0.3 is 0 Å². The molecule has 0 aromatic carbocycles. The molecule has 0 unspecified atom stereocenters. The van der Waals surface area contributed by atoms with Gasteiger partial charge in [0.05, 0.1) is 22.1 Å². The fourth-order valence-electron chi connectivity index (χ4n) is 0.989. The molecule has 8 heteroatoms. The van der Waals surface area contributed by atoms with Crippen LogP contribution in [0.3, 0.4) is 0 Å². The van der Waals surface area contributed by atoms with Gasteiger partial charge in [0.15, 0.2) is 0 Å². The summed E-state index contributed by atoms with van der Waals surface area (Å²) in [6.45, 7) is 0.276. The second-order valence-electron chi connectivity index (χ2n) is 3.05. The zero-order valence-electron chi connectivity index (χ0n) is 8.70. The Hall–Kier alpha value is -0.860. The number of pyridine rings is 1. The topological polar surface area (TPSA) is 97.1 Å². The Morgan fingerprint density at radius 2 is 2.25 bits per heavy atom. The quantitative estimate of drug-likeness (QED) is 0.731. The molecule has 1 rings (SSSR count). The van der Waals surface area contributed by atoms with Crippen LogP contribution < -0.4 is 15.8 Å². The van der Waals surface area contributed by atoms with E-state index in [-0.39, 0.29) is 12.3 Å². The fraction of sp³-hybridized carbons (Fsp3) is 0.375. The van der Waals surface area contributed by atoms with E-state index in [2.05, 4.69) is 31.0 Å². The number of aromatic nitrogens is 1. The number of nitrogens with one attached hydrogen (secondary N) is 2. The lowest BCUT2D eigenvalue weighted by atomic mass is 10.4. The molecule has 0 amide bonds. The summed E-state index contributed by atoms with van der Waals surface area (Å²) in [6, 6.07) is 1.70. The van der Waals surface area contributed by atoms with Crippen LogP contribution in [0.15, 0.2) is 16.7 Å². The van der Waals surface area contributed by atoms with Crippen LogP contribution in [-0.2, 0) is 10.0 Å². The summed E-state index contributed by atoms with van der Waals surface area (Å²) < 4.78 is 25.2. The third kappa shape index (κ3) is 3.95. The number of hydrogen-bond donors (Lipinski definition) is 3. The first kappa shape index (κ1) is 13.2. The normalized spacial score (nSPS) is 11.4. The average Bonchev–Trinajstić information content (AvgIpc) is 2.21. The van der Waals surface area contributed by atoms with Gasteiger partial charge in [0.2, 0.25) is 10.0 Å². The van der Waals surface area contributed by atoms with Gasteiger partial charge in [-0.25, -0.2) is 18.1 Å². The third-order valence-corrected chi connectivity index (χ3v) is 3.80. The number of nitrogen functional groups attached to an aromatic ring is 1. The summed E-state index contributed by atoms with van der Waals surface area (Å²) in [5, 5.41) is 2.90. The first-order valence-corrected chi connectivity index (χ1v) is 6.95. The van der Waals surface area contributed by atoms with Gasteiger partial charge in [-0.15, -0.1) is 0 Å². The predicted molar refractivity (Wildman–Crippen MR) is 67.7 cm³/mol. The molecule has 0 bridgehead atoms. The number of anilines is 2. The van der Waals surface area contributed by atoms with Gasteiger partial charge in [-0.2, -0.15) is 0 Å². The molecule has 0 aliphatic carbocycles. The molecule has 90 valence electrons. The molecule has 4 N–H and O–H groups in total. The lowest BCUT2D eigenvalue weighted by molar-refractivity contribution is 0.588. The highest BCUT2D eigenvalue weighted by Gasteiger charge is 2.07. The number of halogens is 1. The molecule has 1 heterocycles. The molecule has 16 heavy (non-hydrogen) atoms. The van der Waals surface area contributed by atoms with Crippen molar-refractivity contribution in [3.63, 3.8) is 0 Å². The van der Waals surface area contributed by atoms with Gasteiger partial charge in [0.1, 0.15) is 5.82 Å². The van der Waals surface area contributed by atoms with Gasteiger partial charge < -0.3 is 11.1 Å². The molecule has 0 saturated heterocycles. The first-order valence-electron chi connectivity index (χ1n) is 4.51. The number of rotatable bonds is 5. The van der Waals surface area contributed by atoms with Gasteiger partial charge in [-0.3, -0.25) is 0 Å². The molecule has 1 aromatic heterocycles. The Bertz CT molecular complexity index is 463. The Balaban J connectivity index is 2.56. The van der Waals surface area contributed by atoms with Crippen molar-refractivity contribution in [3.05, 3.63) is 16.7 Å². The maximum atomic E-state index is 11.1. The van der Waals surface area contributed by atoms with Gasteiger partial charge in [-0.1, -0.05) is 0 Å². The highest BCUT2D eigenvalue weighted by atomic mass is 79.9. The summed E-state index contributed by atoms with van der Waals surface area (Å²) in [5.41, 5.74) is 6.06. The fourth-order valence-corrected chi connectivity index (χ4v) is 2.07. The largest absolute Gasteiger partial charge is 0.397 e. The lowest BCUT2D eigenvalue weighted by Crippen LogP contribution is -2.26. The smallest absolute Gasteiger partial charge is 0.213 e. The Kier molecular flexibility index (Phi) is 4.51. The van der Waals surface area contributed by atoms with Crippen LogP contribution in [0.5, 0.6) is 0 Å². The predicted octanol–water partition coefficient (Wildman–Crippen LogP) is 0.387. The minimum Gasteiger partial charge on any atom is -0.397 e. The summed E-state index contributed by atoms with van der Waals surface area (Å²) in [5.74, 6) is 0.558. The van der Waals surface area contributed by atoms with E-state index in [1.807, 2.05) is 0 Å². The van der Waals surface area contributed by atoms with E-state index >= 15 is 0 Å². The van der Waals surface area contributed by atoms with Crippen LogP contribution in [-0.4, -0.2) is 32.7 Å². The van der Waals surface area contributed by atoms with E-state index in [1.54, 1.807) is 6.07 Å². The van der Waals surface area contributed by atoms with Gasteiger partial charge in [-0.05, 0) is 29.0 Å². The highest BCUT2D eigenvalue weighted by molar-refractivity contribution is 9.10. The number of hydrogen-bond acceptors (Lipinski definition) is 5. The van der Waals surface area contributed by atoms with Crippen LogP contribution in [0.2, 0.25) is 0 Å². The van der Waals surface area contributed by atoms with E-state index in [0.717, 1.165) is 0 Å². The SMILES string of the molecule is CNS(=O)(=O)CCNc1ncc(N)cc1Br. The average molecular weight is 309 g/mol. The molecular formula is C8H13BrN4O2S. The van der Waals surface area contributed by atoms with E-state index in [0.29, 0.717) is 16.0 Å². The van der Waals surface area contributed by atoms with Crippen molar-refractivity contribution >= 4 is 37.5 Å². The van der Waals surface area contributed by atoms with Crippen LogP contribution in [0.1, 0.15) is 0 Å². The van der Waals surface area contributed by atoms with E-state index < -0.39 is 10.0 Å².